The molecule has 10 nitrogen and oxygen atoms in total. The summed E-state index contributed by atoms with van der Waals surface area (Å²) in [5.74, 6) is -0.923. The van der Waals surface area contributed by atoms with Gasteiger partial charge in [0.25, 0.3) is 0 Å². The molecule has 0 saturated carbocycles. The largest absolute Gasteiger partial charge is 0.472 e. The summed E-state index contributed by atoms with van der Waals surface area (Å²) in [6, 6.07) is 0. The molecule has 0 aromatic carbocycles. The molecule has 3 atom stereocenters. The van der Waals surface area contributed by atoms with E-state index >= 15 is 0 Å². The molecule has 0 aromatic heterocycles. The molecule has 11 heteroatoms. The van der Waals surface area contributed by atoms with Gasteiger partial charge in [-0.1, -0.05) is 180 Å². The Bertz CT molecular complexity index is 930. The van der Waals surface area contributed by atoms with Crippen molar-refractivity contribution in [2.45, 2.75) is 232 Å². The standard InChI is InChI=1S/C44H85O10P/c1-3-5-7-9-11-13-15-17-19-20-22-23-25-27-29-31-33-35-43(47)51-39-42(40-53-55(49,50)52-38-41(46)37-45)54-44(48)36-34-32-30-28-26-24-21-18-16-14-12-10-8-6-4-2/h18,21,41-42,45-46H,3-17,19-20,22-40H2,1-2H3,(H,49,50)/b21-18-. The maximum absolute atomic E-state index is 12.6. The molecule has 3 N–H and O–H groups in total. The number of phosphoric ester groups is 1. The van der Waals surface area contributed by atoms with Crippen LogP contribution in [0.2, 0.25) is 0 Å². The van der Waals surface area contributed by atoms with Crippen LogP contribution in [0.3, 0.4) is 0 Å². The molecule has 0 spiro atoms. The number of esters is 2. The summed E-state index contributed by atoms with van der Waals surface area (Å²) >= 11 is 0. The van der Waals surface area contributed by atoms with Gasteiger partial charge in [0.2, 0.25) is 0 Å². The van der Waals surface area contributed by atoms with E-state index < -0.39 is 51.8 Å². The van der Waals surface area contributed by atoms with E-state index in [1.54, 1.807) is 0 Å². The average molecular weight is 805 g/mol. The van der Waals surface area contributed by atoms with Crippen molar-refractivity contribution in [2.75, 3.05) is 26.4 Å². The minimum atomic E-state index is -4.61. The van der Waals surface area contributed by atoms with Crippen LogP contribution in [0.1, 0.15) is 219 Å². The molecule has 326 valence electrons. The molecule has 0 rings (SSSR count). The number of rotatable bonds is 43. The summed E-state index contributed by atoms with van der Waals surface area (Å²) in [4.78, 5) is 35.0. The summed E-state index contributed by atoms with van der Waals surface area (Å²) in [7, 11) is -4.61. The van der Waals surface area contributed by atoms with Gasteiger partial charge in [0.1, 0.15) is 12.7 Å². The van der Waals surface area contributed by atoms with Crippen molar-refractivity contribution in [2.24, 2.45) is 0 Å². The van der Waals surface area contributed by atoms with E-state index in [1.807, 2.05) is 0 Å². The van der Waals surface area contributed by atoms with Gasteiger partial charge < -0.3 is 24.6 Å². The van der Waals surface area contributed by atoms with Crippen LogP contribution in [0.4, 0.5) is 0 Å². The number of unbranched alkanes of at least 4 members (excludes halogenated alkanes) is 27. The lowest BCUT2D eigenvalue weighted by molar-refractivity contribution is -0.161. The Morgan fingerprint density at radius 1 is 0.527 bits per heavy atom. The predicted octanol–water partition coefficient (Wildman–Crippen LogP) is 12.0. The van der Waals surface area contributed by atoms with Gasteiger partial charge in [-0.2, -0.15) is 0 Å². The molecule has 0 bridgehead atoms. The SMILES string of the molecule is CCCCCCCC/C=C\CCCCCCCC(=O)OC(COC(=O)CCCCCCCCCCCCCCCCCCC)COP(=O)(O)OCC(O)CO. The molecule has 0 heterocycles. The zero-order chi connectivity index (χ0) is 40.5. The highest BCUT2D eigenvalue weighted by Gasteiger charge is 2.27. The Hall–Kier alpha value is -1.29. The Labute approximate surface area is 336 Å². The fourth-order valence-electron chi connectivity index (χ4n) is 6.40. The van der Waals surface area contributed by atoms with Crippen molar-refractivity contribution in [1.29, 1.82) is 0 Å². The lowest BCUT2D eigenvalue weighted by Gasteiger charge is -2.20. The van der Waals surface area contributed by atoms with Gasteiger partial charge in [-0.15, -0.1) is 0 Å². The average Bonchev–Trinajstić information content (AvgIpc) is 3.17. The number of aliphatic hydroxyl groups is 2. The highest BCUT2D eigenvalue weighted by molar-refractivity contribution is 7.47. The lowest BCUT2D eigenvalue weighted by Crippen LogP contribution is -2.29. The van der Waals surface area contributed by atoms with E-state index in [0.29, 0.717) is 12.8 Å². The number of phosphoric acid groups is 1. The second-order valence-corrected chi connectivity index (χ2v) is 16.9. The second kappa shape index (κ2) is 40.9. The molecule has 0 aliphatic rings. The fraction of sp³-hybridized carbons (Fsp3) is 0.909. The van der Waals surface area contributed by atoms with Crippen LogP contribution in [0.5, 0.6) is 0 Å². The van der Waals surface area contributed by atoms with E-state index in [-0.39, 0.29) is 19.4 Å². The van der Waals surface area contributed by atoms with Crippen molar-refractivity contribution in [3.63, 3.8) is 0 Å². The van der Waals surface area contributed by atoms with Crippen LogP contribution in [-0.2, 0) is 32.7 Å². The lowest BCUT2D eigenvalue weighted by atomic mass is 10.0. The van der Waals surface area contributed by atoms with Gasteiger partial charge in [-0.3, -0.25) is 18.6 Å². The van der Waals surface area contributed by atoms with Crippen LogP contribution >= 0.6 is 7.82 Å². The number of carbonyl (C=O) groups excluding carboxylic acids is 2. The van der Waals surface area contributed by atoms with Crippen LogP contribution < -0.4 is 0 Å². The minimum Gasteiger partial charge on any atom is -0.462 e. The molecule has 0 amide bonds. The Balaban J connectivity index is 4.24. The third-order valence-electron chi connectivity index (χ3n) is 9.92. The van der Waals surface area contributed by atoms with Crippen molar-refractivity contribution < 1.29 is 47.8 Å². The Kier molecular flexibility index (Phi) is 39.9. The smallest absolute Gasteiger partial charge is 0.462 e. The van der Waals surface area contributed by atoms with Gasteiger partial charge in [0, 0.05) is 12.8 Å². The Morgan fingerprint density at radius 2 is 0.891 bits per heavy atom. The number of hydrogen-bond donors (Lipinski definition) is 3. The summed E-state index contributed by atoms with van der Waals surface area (Å²) in [5, 5.41) is 18.3. The molecular weight excluding hydrogens is 719 g/mol. The molecule has 55 heavy (non-hydrogen) atoms. The summed E-state index contributed by atoms with van der Waals surface area (Å²) < 4.78 is 32.7. The van der Waals surface area contributed by atoms with Crippen LogP contribution in [0.15, 0.2) is 12.2 Å². The molecular formula is C44H85O10P. The van der Waals surface area contributed by atoms with Gasteiger partial charge in [-0.05, 0) is 38.5 Å². The third-order valence-corrected chi connectivity index (χ3v) is 10.9. The monoisotopic (exact) mass is 805 g/mol. The number of hydrogen-bond acceptors (Lipinski definition) is 9. The molecule has 3 unspecified atom stereocenters. The number of ether oxygens (including phenoxy) is 2. The molecule has 0 fully saturated rings. The van der Waals surface area contributed by atoms with Gasteiger partial charge in [-0.25, -0.2) is 4.57 Å². The molecule has 0 radical (unpaired) electrons. The van der Waals surface area contributed by atoms with E-state index in [0.717, 1.165) is 57.8 Å². The van der Waals surface area contributed by atoms with Crippen LogP contribution in [0.25, 0.3) is 0 Å². The first-order valence-corrected chi connectivity index (χ1v) is 24.1. The first-order chi connectivity index (χ1) is 26.7. The summed E-state index contributed by atoms with van der Waals surface area (Å²) in [5.41, 5.74) is 0. The topological polar surface area (TPSA) is 149 Å². The van der Waals surface area contributed by atoms with Crippen LogP contribution in [0, 0.1) is 0 Å². The predicted molar refractivity (Wildman–Crippen MR) is 224 cm³/mol. The quantitative estimate of drug-likeness (QED) is 0.0235. The number of allylic oxidation sites excluding steroid dienone is 2. The van der Waals surface area contributed by atoms with Gasteiger partial charge in [0.05, 0.1) is 19.8 Å². The first-order valence-electron chi connectivity index (χ1n) is 22.6. The second-order valence-electron chi connectivity index (χ2n) is 15.4. The minimum absolute atomic E-state index is 0.178. The van der Waals surface area contributed by atoms with Crippen molar-refractivity contribution in [3.8, 4) is 0 Å². The van der Waals surface area contributed by atoms with Crippen LogP contribution in [-0.4, -0.2) is 65.7 Å². The molecule has 0 aliphatic carbocycles. The van der Waals surface area contributed by atoms with E-state index in [4.69, 9.17) is 23.6 Å². The van der Waals surface area contributed by atoms with E-state index in [1.165, 1.54) is 122 Å². The van der Waals surface area contributed by atoms with E-state index in [2.05, 4.69) is 26.0 Å². The third kappa shape index (κ3) is 40.7. The van der Waals surface area contributed by atoms with Gasteiger partial charge in [0.15, 0.2) is 6.10 Å². The maximum Gasteiger partial charge on any atom is 0.472 e. The van der Waals surface area contributed by atoms with E-state index in [9.17, 15) is 24.2 Å². The number of carbonyl (C=O) groups is 2. The highest BCUT2D eigenvalue weighted by atomic mass is 31.2. The molecule has 0 saturated heterocycles. The zero-order valence-electron chi connectivity index (χ0n) is 35.4. The summed E-state index contributed by atoms with van der Waals surface area (Å²) in [6.45, 7) is 2.40. The van der Waals surface area contributed by atoms with Crippen molar-refractivity contribution in [3.05, 3.63) is 12.2 Å². The molecule has 0 aromatic rings. The van der Waals surface area contributed by atoms with Crippen molar-refractivity contribution >= 4 is 19.8 Å². The highest BCUT2D eigenvalue weighted by Crippen LogP contribution is 2.43. The normalized spacial score (nSPS) is 13.9. The van der Waals surface area contributed by atoms with Crippen molar-refractivity contribution in [1.82, 2.24) is 0 Å². The molecule has 0 aliphatic heterocycles. The van der Waals surface area contributed by atoms with Gasteiger partial charge >= 0.3 is 19.8 Å². The fourth-order valence-corrected chi connectivity index (χ4v) is 7.19. The maximum atomic E-state index is 12.6. The summed E-state index contributed by atoms with van der Waals surface area (Å²) in [6.07, 6.45) is 38.9. The Morgan fingerprint density at radius 3 is 1.31 bits per heavy atom. The first kappa shape index (κ1) is 53.7. The zero-order valence-corrected chi connectivity index (χ0v) is 36.3. The number of aliphatic hydroxyl groups excluding tert-OH is 2.